The summed E-state index contributed by atoms with van der Waals surface area (Å²) in [6.45, 7) is 1.83. The minimum Gasteiger partial charge on any atom is -0.393 e. The number of imide groups is 1. The zero-order valence-corrected chi connectivity index (χ0v) is 10.1. The molecule has 5 nitrogen and oxygen atoms in total. The molecule has 0 bridgehead atoms. The number of hydrogen-bond donors (Lipinski definition) is 3. The van der Waals surface area contributed by atoms with Gasteiger partial charge in [-0.3, -0.25) is 10.1 Å². The summed E-state index contributed by atoms with van der Waals surface area (Å²) in [5.41, 5.74) is -0.105. The minimum atomic E-state index is -0.899. The van der Waals surface area contributed by atoms with E-state index in [-0.39, 0.29) is 18.9 Å². The summed E-state index contributed by atoms with van der Waals surface area (Å²) in [7, 11) is 0. The molecule has 1 heterocycles. The highest BCUT2D eigenvalue weighted by molar-refractivity contribution is 6.03. The quantitative estimate of drug-likeness (QED) is 0.730. The highest BCUT2D eigenvalue weighted by atomic mass is 16.3. The average Bonchev–Trinajstić information content (AvgIpc) is 2.34. The van der Waals surface area contributed by atoms with Gasteiger partial charge in [0.25, 0.3) is 0 Å². The first-order valence-corrected chi connectivity index (χ1v) is 5.87. The van der Waals surface area contributed by atoms with E-state index in [2.05, 4.69) is 10.6 Å². The number of amides is 3. The van der Waals surface area contributed by atoms with Crippen molar-refractivity contribution in [3.63, 3.8) is 0 Å². The van der Waals surface area contributed by atoms with E-state index in [0.29, 0.717) is 0 Å². The van der Waals surface area contributed by atoms with Gasteiger partial charge in [0.15, 0.2) is 0 Å². The Hall–Kier alpha value is -1.88. The van der Waals surface area contributed by atoms with Crippen LogP contribution in [0.25, 0.3) is 0 Å². The number of rotatable bonds is 3. The Labute approximate surface area is 105 Å². The van der Waals surface area contributed by atoms with Crippen molar-refractivity contribution >= 4 is 11.9 Å². The molecule has 1 fully saturated rings. The largest absolute Gasteiger partial charge is 0.393 e. The first-order valence-electron chi connectivity index (χ1n) is 5.87. The van der Waals surface area contributed by atoms with Crippen LogP contribution in [0.5, 0.6) is 0 Å². The number of aliphatic hydroxyl groups is 1. The fraction of sp³-hybridized carbons (Fsp3) is 0.385. The van der Waals surface area contributed by atoms with E-state index < -0.39 is 17.6 Å². The third-order valence-corrected chi connectivity index (χ3v) is 3.18. The molecule has 2 rings (SSSR count). The molecule has 3 N–H and O–H groups in total. The summed E-state index contributed by atoms with van der Waals surface area (Å²) in [4.78, 5) is 23.4. The van der Waals surface area contributed by atoms with E-state index in [1.807, 2.05) is 30.3 Å². The lowest BCUT2D eigenvalue weighted by Crippen LogP contribution is -2.61. The van der Waals surface area contributed by atoms with Crippen molar-refractivity contribution < 1.29 is 14.7 Å². The van der Waals surface area contributed by atoms with E-state index in [4.69, 9.17) is 0 Å². The predicted octanol–water partition coefficient (Wildman–Crippen LogP) is 0.535. The molecule has 1 saturated heterocycles. The Bertz CT molecular complexity index is 459. The normalized spacial score (nSPS) is 25.2. The fourth-order valence-electron chi connectivity index (χ4n) is 2.36. The van der Waals surface area contributed by atoms with Gasteiger partial charge in [-0.1, -0.05) is 30.3 Å². The Kier molecular flexibility index (Phi) is 3.34. The van der Waals surface area contributed by atoms with Crippen LogP contribution in [0, 0.1) is 0 Å². The molecule has 1 aliphatic heterocycles. The smallest absolute Gasteiger partial charge is 0.321 e. The summed E-state index contributed by atoms with van der Waals surface area (Å²) >= 11 is 0. The van der Waals surface area contributed by atoms with Gasteiger partial charge in [0, 0.05) is 6.54 Å². The number of nitrogens with one attached hydrogen (secondary N) is 2. The number of benzene rings is 1. The maximum atomic E-state index is 12.2. The van der Waals surface area contributed by atoms with Crippen LogP contribution >= 0.6 is 0 Å². The second-order valence-electron chi connectivity index (χ2n) is 4.64. The molecular formula is C13H16N2O3. The molecule has 0 aliphatic carbocycles. The van der Waals surface area contributed by atoms with Gasteiger partial charge in [0.1, 0.15) is 0 Å². The van der Waals surface area contributed by atoms with Crippen molar-refractivity contribution in [1.82, 2.24) is 10.6 Å². The number of urea groups is 1. The lowest BCUT2D eigenvalue weighted by molar-refractivity contribution is -0.127. The highest BCUT2D eigenvalue weighted by Crippen LogP contribution is 2.30. The number of carbonyl (C=O) groups is 2. The second-order valence-corrected chi connectivity index (χ2v) is 4.64. The Morgan fingerprint density at radius 3 is 2.56 bits per heavy atom. The van der Waals surface area contributed by atoms with Crippen LogP contribution in [0.2, 0.25) is 0 Å². The van der Waals surface area contributed by atoms with Gasteiger partial charge in [-0.2, -0.15) is 0 Å². The van der Waals surface area contributed by atoms with E-state index in [1.165, 1.54) is 0 Å². The summed E-state index contributed by atoms with van der Waals surface area (Å²) in [5.74, 6) is -0.363. The first kappa shape index (κ1) is 12.6. The van der Waals surface area contributed by atoms with Crippen LogP contribution in [0.1, 0.15) is 18.9 Å². The number of aliphatic hydroxyl groups excluding tert-OH is 1. The van der Waals surface area contributed by atoms with Crippen LogP contribution < -0.4 is 10.6 Å². The molecule has 0 saturated carbocycles. The second kappa shape index (κ2) is 4.78. The minimum absolute atomic E-state index is 0.201. The number of hydrogen-bond acceptors (Lipinski definition) is 3. The summed E-state index contributed by atoms with van der Waals surface area (Å²) in [6, 6.07) is 8.71. The van der Waals surface area contributed by atoms with Crippen LogP contribution in [-0.4, -0.2) is 29.7 Å². The maximum Gasteiger partial charge on any atom is 0.321 e. The zero-order valence-electron chi connectivity index (χ0n) is 10.1. The molecule has 1 aliphatic rings. The SMILES string of the molecule is C[C@@H](O)C[C@]1(c2ccccc2)CNC(=O)NC1=O. The van der Waals surface area contributed by atoms with Gasteiger partial charge in [0.2, 0.25) is 5.91 Å². The van der Waals surface area contributed by atoms with E-state index >= 15 is 0 Å². The van der Waals surface area contributed by atoms with Crippen molar-refractivity contribution in [2.75, 3.05) is 6.54 Å². The van der Waals surface area contributed by atoms with E-state index in [0.717, 1.165) is 5.56 Å². The third-order valence-electron chi connectivity index (χ3n) is 3.18. The van der Waals surface area contributed by atoms with Crippen molar-refractivity contribution in [3.8, 4) is 0 Å². The zero-order chi connectivity index (χ0) is 13.2. The standard InChI is InChI=1S/C13H16N2O3/c1-9(16)7-13(10-5-3-2-4-6-10)8-14-12(18)15-11(13)17/h2-6,9,16H,7-8H2,1H3,(H2,14,15,17,18)/t9-,13-/m1/s1. The van der Waals surface area contributed by atoms with Crippen LogP contribution in [0.15, 0.2) is 30.3 Å². The predicted molar refractivity (Wildman–Crippen MR) is 66.0 cm³/mol. The molecule has 0 aromatic heterocycles. The fourth-order valence-corrected chi connectivity index (χ4v) is 2.36. The number of carbonyl (C=O) groups excluding carboxylic acids is 2. The molecule has 1 aromatic rings. The monoisotopic (exact) mass is 248 g/mol. The van der Waals surface area contributed by atoms with Crippen molar-refractivity contribution in [3.05, 3.63) is 35.9 Å². The maximum absolute atomic E-state index is 12.2. The summed E-state index contributed by atoms with van der Waals surface area (Å²) in [6.07, 6.45) is -0.366. The summed E-state index contributed by atoms with van der Waals surface area (Å²) < 4.78 is 0. The van der Waals surface area contributed by atoms with Crippen LogP contribution in [0.4, 0.5) is 4.79 Å². The van der Waals surface area contributed by atoms with Gasteiger partial charge in [-0.15, -0.1) is 0 Å². The molecule has 3 amide bonds. The van der Waals surface area contributed by atoms with Gasteiger partial charge >= 0.3 is 6.03 Å². The molecule has 0 radical (unpaired) electrons. The molecular weight excluding hydrogens is 232 g/mol. The molecule has 96 valence electrons. The van der Waals surface area contributed by atoms with Crippen LogP contribution in [-0.2, 0) is 10.2 Å². The Morgan fingerprint density at radius 2 is 2.00 bits per heavy atom. The van der Waals surface area contributed by atoms with Crippen LogP contribution in [0.3, 0.4) is 0 Å². The first-order chi connectivity index (χ1) is 8.54. The molecule has 2 atom stereocenters. The van der Waals surface area contributed by atoms with Crippen molar-refractivity contribution in [2.45, 2.75) is 24.9 Å². The van der Waals surface area contributed by atoms with Crippen molar-refractivity contribution in [1.29, 1.82) is 0 Å². The third kappa shape index (κ3) is 2.22. The molecule has 0 unspecified atom stereocenters. The Morgan fingerprint density at radius 1 is 1.33 bits per heavy atom. The molecule has 18 heavy (non-hydrogen) atoms. The van der Waals surface area contributed by atoms with Gasteiger partial charge in [-0.05, 0) is 18.9 Å². The molecule has 0 spiro atoms. The topological polar surface area (TPSA) is 78.4 Å². The molecule has 1 aromatic carbocycles. The summed E-state index contributed by atoms with van der Waals surface area (Å²) in [5, 5.41) is 14.5. The van der Waals surface area contributed by atoms with Gasteiger partial charge in [-0.25, -0.2) is 4.79 Å². The highest BCUT2D eigenvalue weighted by Gasteiger charge is 2.44. The van der Waals surface area contributed by atoms with Gasteiger partial charge in [0.05, 0.1) is 11.5 Å². The molecule has 5 heteroatoms. The Balaban J connectivity index is 2.41. The average molecular weight is 248 g/mol. The lowest BCUT2D eigenvalue weighted by atomic mass is 9.74. The van der Waals surface area contributed by atoms with E-state index in [1.54, 1.807) is 6.92 Å². The van der Waals surface area contributed by atoms with Crippen molar-refractivity contribution in [2.24, 2.45) is 0 Å². The lowest BCUT2D eigenvalue weighted by Gasteiger charge is -2.37. The van der Waals surface area contributed by atoms with E-state index in [9.17, 15) is 14.7 Å². The van der Waals surface area contributed by atoms with Gasteiger partial charge < -0.3 is 10.4 Å².